The normalized spacial score (nSPS) is 17.8. The molecule has 2 aliphatic rings. The van der Waals surface area contributed by atoms with Gasteiger partial charge >= 0.3 is 0 Å². The summed E-state index contributed by atoms with van der Waals surface area (Å²) in [6, 6.07) is 6.14. The molecule has 1 saturated carbocycles. The van der Waals surface area contributed by atoms with E-state index in [9.17, 15) is 4.79 Å². The molecule has 1 aliphatic carbocycles. The van der Waals surface area contributed by atoms with E-state index in [1.165, 1.54) is 19.3 Å². The molecule has 0 unspecified atom stereocenters. The summed E-state index contributed by atoms with van der Waals surface area (Å²) in [7, 11) is 0. The largest absolute Gasteiger partial charge is 0.493 e. The predicted molar refractivity (Wildman–Crippen MR) is 126 cm³/mol. The van der Waals surface area contributed by atoms with E-state index in [1.54, 1.807) is 4.52 Å². The van der Waals surface area contributed by atoms with Gasteiger partial charge in [-0.3, -0.25) is 4.79 Å². The van der Waals surface area contributed by atoms with E-state index >= 15 is 0 Å². The lowest BCUT2D eigenvalue weighted by Gasteiger charge is -2.30. The summed E-state index contributed by atoms with van der Waals surface area (Å²) in [5, 5.41) is 8.19. The number of nitrogens with zero attached hydrogens (tertiary/aromatic N) is 4. The van der Waals surface area contributed by atoms with Crippen molar-refractivity contribution in [1.29, 1.82) is 0 Å². The van der Waals surface area contributed by atoms with Crippen LogP contribution in [0.1, 0.15) is 56.5 Å². The molecule has 1 saturated heterocycles. The molecule has 3 aromatic rings. The molecule has 8 nitrogen and oxygen atoms in total. The number of piperazine rings is 1. The van der Waals surface area contributed by atoms with E-state index < -0.39 is 0 Å². The first-order valence-corrected chi connectivity index (χ1v) is 11.9. The van der Waals surface area contributed by atoms with Gasteiger partial charge in [0.25, 0.3) is 5.56 Å². The minimum absolute atomic E-state index is 0.134. The zero-order valence-corrected chi connectivity index (χ0v) is 19.0. The van der Waals surface area contributed by atoms with Gasteiger partial charge in [-0.2, -0.15) is 0 Å². The quantitative estimate of drug-likeness (QED) is 0.638. The zero-order valence-electron chi connectivity index (χ0n) is 19.0. The monoisotopic (exact) mass is 436 g/mol. The molecule has 5 rings (SSSR count). The Morgan fingerprint density at radius 1 is 1.16 bits per heavy atom. The highest BCUT2D eigenvalue weighted by molar-refractivity contribution is 5.70. The number of ether oxygens (including phenoxy) is 1. The van der Waals surface area contributed by atoms with Crippen LogP contribution in [0.3, 0.4) is 0 Å². The predicted octanol–water partition coefficient (Wildman–Crippen LogP) is 3.25. The van der Waals surface area contributed by atoms with Crippen LogP contribution in [0.2, 0.25) is 0 Å². The van der Waals surface area contributed by atoms with Crippen molar-refractivity contribution >= 4 is 11.2 Å². The molecule has 2 fully saturated rings. The molecule has 0 radical (unpaired) electrons. The summed E-state index contributed by atoms with van der Waals surface area (Å²) < 4.78 is 7.70. The van der Waals surface area contributed by atoms with Crippen molar-refractivity contribution in [3.8, 4) is 17.1 Å². The van der Waals surface area contributed by atoms with E-state index in [-0.39, 0.29) is 5.56 Å². The van der Waals surface area contributed by atoms with Gasteiger partial charge in [-0.1, -0.05) is 19.3 Å². The summed E-state index contributed by atoms with van der Waals surface area (Å²) >= 11 is 0. The Morgan fingerprint density at radius 2 is 1.94 bits per heavy atom. The lowest BCUT2D eigenvalue weighted by molar-refractivity contribution is 0.341. The van der Waals surface area contributed by atoms with Crippen LogP contribution in [-0.4, -0.2) is 52.4 Å². The zero-order chi connectivity index (χ0) is 22.1. The van der Waals surface area contributed by atoms with Gasteiger partial charge in [-0.05, 0) is 38.8 Å². The molecule has 0 atom stereocenters. The second-order valence-corrected chi connectivity index (χ2v) is 8.79. The Bertz CT molecular complexity index is 1160. The van der Waals surface area contributed by atoms with Gasteiger partial charge in [-0.25, -0.2) is 9.50 Å². The molecule has 0 bridgehead atoms. The minimum Gasteiger partial charge on any atom is -0.493 e. The lowest BCUT2D eigenvalue weighted by atomic mass is 9.87. The van der Waals surface area contributed by atoms with Crippen LogP contribution in [0.15, 0.2) is 23.0 Å². The first-order valence-electron chi connectivity index (χ1n) is 11.9. The highest BCUT2D eigenvalue weighted by Crippen LogP contribution is 2.35. The van der Waals surface area contributed by atoms with Crippen LogP contribution in [0.25, 0.3) is 16.9 Å². The lowest BCUT2D eigenvalue weighted by Crippen LogP contribution is -2.43. The maximum atomic E-state index is 13.2. The Kier molecular flexibility index (Phi) is 5.87. The van der Waals surface area contributed by atoms with Gasteiger partial charge in [0, 0.05) is 43.9 Å². The van der Waals surface area contributed by atoms with Crippen molar-refractivity contribution in [2.24, 2.45) is 0 Å². The van der Waals surface area contributed by atoms with Crippen molar-refractivity contribution in [2.45, 2.75) is 51.9 Å². The highest BCUT2D eigenvalue weighted by Gasteiger charge is 2.25. The number of rotatable bonds is 5. The summed E-state index contributed by atoms with van der Waals surface area (Å²) in [4.78, 5) is 23.4. The number of aromatic amines is 1. The average Bonchev–Trinajstić information content (AvgIpc) is 3.17. The SMILES string of the molecule is CCOc1cc(N2CCNCC2)ccc1-c1nn2c(C)nc(C3CCCCC3)c2c(=O)[nH]1. The van der Waals surface area contributed by atoms with E-state index in [4.69, 9.17) is 14.8 Å². The topological polar surface area (TPSA) is 87.5 Å². The molecule has 2 N–H and O–H groups in total. The first kappa shape index (κ1) is 21.0. The second kappa shape index (κ2) is 8.94. The van der Waals surface area contributed by atoms with E-state index in [0.29, 0.717) is 23.9 Å². The molecule has 3 heterocycles. The van der Waals surface area contributed by atoms with Gasteiger partial charge < -0.3 is 19.9 Å². The molecule has 2 aromatic heterocycles. The molecule has 1 aromatic carbocycles. The van der Waals surface area contributed by atoms with E-state index in [1.807, 2.05) is 19.9 Å². The van der Waals surface area contributed by atoms with Crippen molar-refractivity contribution < 1.29 is 4.74 Å². The van der Waals surface area contributed by atoms with Crippen molar-refractivity contribution in [3.05, 3.63) is 40.1 Å². The van der Waals surface area contributed by atoms with Crippen LogP contribution >= 0.6 is 0 Å². The molecule has 8 heteroatoms. The second-order valence-electron chi connectivity index (χ2n) is 8.79. The van der Waals surface area contributed by atoms with Crippen LogP contribution < -0.4 is 20.5 Å². The van der Waals surface area contributed by atoms with Crippen LogP contribution in [0.5, 0.6) is 5.75 Å². The number of aryl methyl sites for hydroxylation is 1. The molecular formula is C24H32N6O2. The maximum absolute atomic E-state index is 13.2. The number of hydrogen-bond acceptors (Lipinski definition) is 6. The summed E-state index contributed by atoms with van der Waals surface area (Å²) in [5.41, 5.74) is 3.28. The minimum atomic E-state index is -0.134. The Balaban J connectivity index is 1.56. The third-order valence-corrected chi connectivity index (χ3v) is 6.68. The summed E-state index contributed by atoms with van der Waals surface area (Å²) in [5.74, 6) is 2.34. The number of nitrogens with one attached hydrogen (secondary N) is 2. The van der Waals surface area contributed by atoms with Crippen molar-refractivity contribution in [1.82, 2.24) is 24.9 Å². The Hall–Kier alpha value is -2.87. The molecule has 170 valence electrons. The highest BCUT2D eigenvalue weighted by atomic mass is 16.5. The molecule has 1 aliphatic heterocycles. The third-order valence-electron chi connectivity index (χ3n) is 6.68. The van der Waals surface area contributed by atoms with E-state index in [0.717, 1.165) is 67.5 Å². The van der Waals surface area contributed by atoms with Gasteiger partial charge in [0.05, 0.1) is 17.9 Å². The molecule has 0 spiro atoms. The van der Waals surface area contributed by atoms with Crippen molar-refractivity contribution in [3.63, 3.8) is 0 Å². The fraction of sp³-hybridized carbons (Fsp3) is 0.542. The van der Waals surface area contributed by atoms with Gasteiger partial charge in [0.1, 0.15) is 11.6 Å². The third kappa shape index (κ3) is 3.88. The Morgan fingerprint density at radius 3 is 2.69 bits per heavy atom. The van der Waals surface area contributed by atoms with E-state index in [2.05, 4.69) is 27.3 Å². The fourth-order valence-corrected chi connectivity index (χ4v) is 5.05. The smallest absolute Gasteiger partial charge is 0.277 e. The van der Waals surface area contributed by atoms with Gasteiger partial charge in [0.2, 0.25) is 0 Å². The standard InChI is InChI=1S/C24H32N6O2/c1-3-32-20-15-18(29-13-11-25-12-14-29)9-10-19(20)23-27-24(31)22-21(17-7-5-4-6-8-17)26-16(2)30(22)28-23/h9-10,15,17,25H,3-8,11-14H2,1-2H3,(H,27,28,31). The number of aromatic nitrogens is 4. The number of fused-ring (bicyclic) bond motifs is 1. The van der Waals surface area contributed by atoms with Crippen LogP contribution in [0, 0.1) is 6.92 Å². The van der Waals surface area contributed by atoms with Crippen LogP contribution in [-0.2, 0) is 0 Å². The van der Waals surface area contributed by atoms with Crippen LogP contribution in [0.4, 0.5) is 5.69 Å². The molecule has 32 heavy (non-hydrogen) atoms. The number of hydrogen-bond donors (Lipinski definition) is 2. The van der Waals surface area contributed by atoms with Gasteiger partial charge in [0.15, 0.2) is 11.3 Å². The summed E-state index contributed by atoms with van der Waals surface area (Å²) in [6.45, 7) is 8.30. The number of H-pyrrole nitrogens is 1. The Labute approximate surface area is 188 Å². The number of benzene rings is 1. The average molecular weight is 437 g/mol. The van der Waals surface area contributed by atoms with Gasteiger partial charge in [-0.15, -0.1) is 5.10 Å². The maximum Gasteiger partial charge on any atom is 0.277 e. The number of anilines is 1. The first-order chi connectivity index (χ1) is 15.7. The molecular weight excluding hydrogens is 404 g/mol. The molecule has 0 amide bonds. The van der Waals surface area contributed by atoms with Crippen molar-refractivity contribution in [2.75, 3.05) is 37.7 Å². The summed E-state index contributed by atoms with van der Waals surface area (Å²) in [6.07, 6.45) is 5.85. The fourth-order valence-electron chi connectivity index (χ4n) is 5.05. The number of imidazole rings is 1.